The van der Waals surface area contributed by atoms with Crippen LogP contribution in [-0.2, 0) is 22.6 Å². The standard InChI is InChI=1S/C24H22ClN3O3S/c25-15-8-9-16-18(12-15)26-20(28-22(16)29)14-31-23(30)24(10-4-1-5-11-24)13-21-27-17-6-2-3-7-19(17)32-21/h2-3,6-9,12H,1,4-5,10-11,13-14H2,(H,26,28,29). The van der Waals surface area contributed by atoms with Crippen molar-refractivity contribution < 1.29 is 9.53 Å². The Morgan fingerprint density at radius 2 is 1.91 bits per heavy atom. The number of nitrogens with zero attached hydrogens (tertiary/aromatic N) is 2. The van der Waals surface area contributed by atoms with Gasteiger partial charge in [-0.15, -0.1) is 11.3 Å². The summed E-state index contributed by atoms with van der Waals surface area (Å²) in [5.41, 5.74) is 0.573. The highest BCUT2D eigenvalue weighted by atomic mass is 35.5. The van der Waals surface area contributed by atoms with Crippen LogP contribution in [0.5, 0.6) is 0 Å². The number of nitrogens with one attached hydrogen (secondary N) is 1. The number of ether oxygens (including phenoxy) is 1. The number of carbonyl (C=O) groups excluding carboxylic acids is 1. The first-order valence-corrected chi connectivity index (χ1v) is 11.9. The second-order valence-electron chi connectivity index (χ2n) is 8.34. The molecular formula is C24H22ClN3O3S. The number of H-pyrrole nitrogens is 1. The Morgan fingerprint density at radius 1 is 1.09 bits per heavy atom. The Balaban J connectivity index is 1.37. The zero-order valence-electron chi connectivity index (χ0n) is 17.4. The molecule has 8 heteroatoms. The summed E-state index contributed by atoms with van der Waals surface area (Å²) in [5, 5.41) is 1.90. The molecule has 0 unspecified atom stereocenters. The van der Waals surface area contributed by atoms with E-state index in [4.69, 9.17) is 21.3 Å². The van der Waals surface area contributed by atoms with Gasteiger partial charge in [0.1, 0.15) is 12.4 Å². The van der Waals surface area contributed by atoms with Crippen LogP contribution in [-0.4, -0.2) is 20.9 Å². The quantitative estimate of drug-likeness (QED) is 0.396. The third kappa shape index (κ3) is 4.14. The minimum Gasteiger partial charge on any atom is -0.457 e. The van der Waals surface area contributed by atoms with Crippen molar-refractivity contribution in [1.29, 1.82) is 0 Å². The van der Waals surface area contributed by atoms with Crippen LogP contribution in [0.2, 0.25) is 5.02 Å². The van der Waals surface area contributed by atoms with Crippen molar-refractivity contribution in [3.8, 4) is 0 Å². The highest BCUT2D eigenvalue weighted by Crippen LogP contribution is 2.41. The number of rotatable bonds is 5. The number of benzene rings is 2. The van der Waals surface area contributed by atoms with E-state index in [0.29, 0.717) is 28.2 Å². The maximum atomic E-state index is 13.3. The van der Waals surface area contributed by atoms with Crippen molar-refractivity contribution in [2.75, 3.05) is 0 Å². The fourth-order valence-corrected chi connectivity index (χ4v) is 5.76. The number of carbonyl (C=O) groups is 1. The Bertz CT molecular complexity index is 1320. The molecule has 1 fully saturated rings. The fraction of sp³-hybridized carbons (Fsp3) is 0.333. The van der Waals surface area contributed by atoms with Gasteiger partial charge in [0.2, 0.25) is 0 Å². The van der Waals surface area contributed by atoms with Crippen LogP contribution >= 0.6 is 22.9 Å². The van der Waals surface area contributed by atoms with E-state index in [1.165, 1.54) is 0 Å². The molecule has 32 heavy (non-hydrogen) atoms. The first kappa shape index (κ1) is 21.1. The summed E-state index contributed by atoms with van der Waals surface area (Å²) in [7, 11) is 0. The lowest BCUT2D eigenvalue weighted by Gasteiger charge is -2.34. The molecule has 6 nitrogen and oxygen atoms in total. The molecule has 1 aliphatic carbocycles. The number of esters is 1. The second-order valence-corrected chi connectivity index (χ2v) is 9.89. The van der Waals surface area contributed by atoms with Crippen molar-refractivity contribution in [2.45, 2.75) is 45.1 Å². The summed E-state index contributed by atoms with van der Waals surface area (Å²) in [4.78, 5) is 37.6. The number of fused-ring (bicyclic) bond motifs is 2. The van der Waals surface area contributed by atoms with E-state index < -0.39 is 5.41 Å². The molecule has 2 aromatic carbocycles. The molecule has 0 aliphatic heterocycles. The Labute approximate surface area is 193 Å². The highest BCUT2D eigenvalue weighted by Gasteiger charge is 2.42. The van der Waals surface area contributed by atoms with Crippen LogP contribution in [0, 0.1) is 5.41 Å². The third-order valence-electron chi connectivity index (χ3n) is 6.13. The molecule has 1 aliphatic rings. The van der Waals surface area contributed by atoms with Crippen molar-refractivity contribution in [2.24, 2.45) is 5.41 Å². The summed E-state index contributed by atoms with van der Waals surface area (Å²) < 4.78 is 6.85. The predicted molar refractivity (Wildman–Crippen MR) is 126 cm³/mol. The zero-order valence-corrected chi connectivity index (χ0v) is 19.0. The van der Waals surface area contributed by atoms with Gasteiger partial charge in [-0.05, 0) is 43.2 Å². The fourth-order valence-electron chi connectivity index (χ4n) is 4.48. The van der Waals surface area contributed by atoms with E-state index in [9.17, 15) is 9.59 Å². The highest BCUT2D eigenvalue weighted by molar-refractivity contribution is 7.18. The van der Waals surface area contributed by atoms with E-state index in [2.05, 4.69) is 16.0 Å². The molecule has 0 bridgehead atoms. The molecule has 5 rings (SSSR count). The van der Waals surface area contributed by atoms with Gasteiger partial charge in [-0.2, -0.15) is 0 Å². The zero-order chi connectivity index (χ0) is 22.1. The van der Waals surface area contributed by atoms with Gasteiger partial charge in [-0.3, -0.25) is 9.59 Å². The first-order chi connectivity index (χ1) is 15.5. The van der Waals surface area contributed by atoms with E-state index in [1.807, 2.05) is 18.2 Å². The number of hydrogen-bond acceptors (Lipinski definition) is 6. The molecule has 0 amide bonds. The Hall–Kier alpha value is -2.77. The molecule has 1 saturated carbocycles. The first-order valence-electron chi connectivity index (χ1n) is 10.7. The second kappa shape index (κ2) is 8.64. The molecule has 0 atom stereocenters. The van der Waals surface area contributed by atoms with E-state index in [-0.39, 0.29) is 18.1 Å². The lowest BCUT2D eigenvalue weighted by molar-refractivity contribution is -0.159. The summed E-state index contributed by atoms with van der Waals surface area (Å²) in [6.07, 6.45) is 5.23. The Kier molecular flexibility index (Phi) is 5.69. The number of aromatic nitrogens is 3. The molecule has 0 radical (unpaired) electrons. The lowest BCUT2D eigenvalue weighted by atomic mass is 9.72. The van der Waals surface area contributed by atoms with Crippen molar-refractivity contribution in [3.05, 3.63) is 68.7 Å². The van der Waals surface area contributed by atoms with Crippen molar-refractivity contribution in [3.63, 3.8) is 0 Å². The smallest absolute Gasteiger partial charge is 0.312 e. The average Bonchev–Trinajstić information content (AvgIpc) is 3.19. The van der Waals surface area contributed by atoms with Gasteiger partial charge in [0.05, 0.1) is 31.5 Å². The predicted octanol–water partition coefficient (Wildman–Crippen LogP) is 5.42. The maximum Gasteiger partial charge on any atom is 0.312 e. The number of thiazole rings is 1. The van der Waals surface area contributed by atoms with Crippen LogP contribution in [0.1, 0.15) is 42.9 Å². The van der Waals surface area contributed by atoms with Crippen LogP contribution in [0.3, 0.4) is 0 Å². The average molecular weight is 468 g/mol. The molecule has 4 aromatic rings. The third-order valence-corrected chi connectivity index (χ3v) is 7.40. The molecule has 0 spiro atoms. The minimum absolute atomic E-state index is 0.0852. The molecule has 2 heterocycles. The number of aromatic amines is 1. The van der Waals surface area contributed by atoms with Crippen LogP contribution in [0.25, 0.3) is 21.1 Å². The molecule has 2 aromatic heterocycles. The summed E-state index contributed by atoms with van der Waals surface area (Å²) in [6, 6.07) is 12.9. The van der Waals surface area contributed by atoms with Gasteiger partial charge in [0, 0.05) is 11.4 Å². The normalized spacial score (nSPS) is 15.8. The van der Waals surface area contributed by atoms with Crippen LogP contribution in [0.4, 0.5) is 0 Å². The molecule has 1 N–H and O–H groups in total. The number of hydrogen-bond donors (Lipinski definition) is 1. The van der Waals surface area contributed by atoms with Gasteiger partial charge in [-0.25, -0.2) is 9.97 Å². The Morgan fingerprint density at radius 3 is 2.72 bits per heavy atom. The number of halogens is 1. The van der Waals surface area contributed by atoms with Gasteiger partial charge < -0.3 is 9.72 Å². The number of para-hydroxylation sites is 1. The van der Waals surface area contributed by atoms with E-state index >= 15 is 0 Å². The minimum atomic E-state index is -0.591. The molecule has 164 valence electrons. The van der Waals surface area contributed by atoms with Crippen molar-refractivity contribution in [1.82, 2.24) is 15.0 Å². The summed E-state index contributed by atoms with van der Waals surface area (Å²) in [6.45, 7) is -0.0852. The summed E-state index contributed by atoms with van der Waals surface area (Å²) >= 11 is 7.67. The monoisotopic (exact) mass is 467 g/mol. The lowest BCUT2D eigenvalue weighted by Crippen LogP contribution is -2.37. The molecular weight excluding hydrogens is 446 g/mol. The SMILES string of the molecule is O=C(OCc1nc2cc(Cl)ccc2c(=O)[nH]1)C1(Cc2nc3ccccc3s2)CCCCC1. The molecule has 0 saturated heterocycles. The van der Waals surface area contributed by atoms with Crippen LogP contribution < -0.4 is 5.56 Å². The summed E-state index contributed by atoms with van der Waals surface area (Å²) in [5.74, 6) is 0.0642. The maximum absolute atomic E-state index is 13.3. The van der Waals surface area contributed by atoms with Gasteiger partial charge in [0.15, 0.2) is 0 Å². The van der Waals surface area contributed by atoms with Crippen molar-refractivity contribution >= 4 is 50.0 Å². The van der Waals surface area contributed by atoms with Gasteiger partial charge in [-0.1, -0.05) is 43.0 Å². The van der Waals surface area contributed by atoms with E-state index in [0.717, 1.165) is 47.3 Å². The van der Waals surface area contributed by atoms with Gasteiger partial charge in [0.25, 0.3) is 5.56 Å². The topological polar surface area (TPSA) is 84.9 Å². The van der Waals surface area contributed by atoms with Crippen LogP contribution in [0.15, 0.2) is 47.3 Å². The van der Waals surface area contributed by atoms with E-state index in [1.54, 1.807) is 29.5 Å². The largest absolute Gasteiger partial charge is 0.457 e. The van der Waals surface area contributed by atoms with Gasteiger partial charge >= 0.3 is 5.97 Å².